The van der Waals surface area contributed by atoms with Crippen LogP contribution in [0.5, 0.6) is 0 Å². The van der Waals surface area contributed by atoms with E-state index < -0.39 is 0 Å². The fourth-order valence-electron chi connectivity index (χ4n) is 3.89. The summed E-state index contributed by atoms with van der Waals surface area (Å²) < 4.78 is 0. The van der Waals surface area contributed by atoms with Crippen LogP contribution in [-0.2, 0) is 6.42 Å². The standard InChI is InChI=1S/C25H28N4O/c30-24(26-15-14-19-8-3-1-4-9-19)21-11-7-10-20(16-21)22-17-27-25(28-18-22)29-23-12-5-2-6-13-23/h1,3-4,7-11,16-18,23H,2,5-6,12-15H2,(H,26,30)(H,27,28,29). The molecule has 5 heteroatoms. The van der Waals surface area contributed by atoms with Gasteiger partial charge in [0.1, 0.15) is 0 Å². The highest BCUT2D eigenvalue weighted by Gasteiger charge is 2.14. The molecule has 154 valence electrons. The lowest BCUT2D eigenvalue weighted by molar-refractivity contribution is 0.0954. The molecule has 3 aromatic rings. The van der Waals surface area contributed by atoms with Gasteiger partial charge in [0, 0.05) is 36.1 Å². The third kappa shape index (κ3) is 5.44. The smallest absolute Gasteiger partial charge is 0.251 e. The third-order valence-corrected chi connectivity index (χ3v) is 5.59. The number of hydrogen-bond donors (Lipinski definition) is 2. The Balaban J connectivity index is 1.35. The van der Waals surface area contributed by atoms with Gasteiger partial charge in [-0.05, 0) is 42.5 Å². The Hall–Kier alpha value is -3.21. The highest BCUT2D eigenvalue weighted by molar-refractivity contribution is 5.95. The van der Waals surface area contributed by atoms with Gasteiger partial charge in [0.2, 0.25) is 5.95 Å². The summed E-state index contributed by atoms with van der Waals surface area (Å²) in [6, 6.07) is 18.2. The van der Waals surface area contributed by atoms with Gasteiger partial charge in [-0.15, -0.1) is 0 Å². The third-order valence-electron chi connectivity index (χ3n) is 5.59. The van der Waals surface area contributed by atoms with Crippen LogP contribution in [0.1, 0.15) is 48.0 Å². The number of carbonyl (C=O) groups is 1. The SMILES string of the molecule is O=C(NCCc1ccccc1)c1cccc(-c2cnc(NC3CCCCC3)nc2)c1. The Kier molecular flexibility index (Phi) is 6.70. The largest absolute Gasteiger partial charge is 0.352 e. The summed E-state index contributed by atoms with van der Waals surface area (Å²) in [7, 11) is 0. The molecule has 2 aromatic carbocycles. The molecule has 0 unspecified atom stereocenters. The molecule has 1 amide bonds. The first-order valence-electron chi connectivity index (χ1n) is 10.8. The summed E-state index contributed by atoms with van der Waals surface area (Å²) in [5.74, 6) is 0.616. The highest BCUT2D eigenvalue weighted by atomic mass is 16.1. The zero-order chi connectivity index (χ0) is 20.6. The Morgan fingerprint density at radius 3 is 2.43 bits per heavy atom. The van der Waals surface area contributed by atoms with Crippen LogP contribution in [0, 0.1) is 0 Å². The van der Waals surface area contributed by atoms with Crippen LogP contribution in [0.25, 0.3) is 11.1 Å². The van der Waals surface area contributed by atoms with Crippen LogP contribution in [0.3, 0.4) is 0 Å². The number of nitrogens with one attached hydrogen (secondary N) is 2. The van der Waals surface area contributed by atoms with Crippen molar-refractivity contribution in [2.45, 2.75) is 44.6 Å². The van der Waals surface area contributed by atoms with Gasteiger partial charge in [-0.25, -0.2) is 9.97 Å². The maximum Gasteiger partial charge on any atom is 0.251 e. The zero-order valence-corrected chi connectivity index (χ0v) is 17.2. The van der Waals surface area contributed by atoms with Crippen molar-refractivity contribution in [1.82, 2.24) is 15.3 Å². The second kappa shape index (κ2) is 10.0. The van der Waals surface area contributed by atoms with Gasteiger partial charge < -0.3 is 10.6 Å². The highest BCUT2D eigenvalue weighted by Crippen LogP contribution is 2.22. The lowest BCUT2D eigenvalue weighted by Gasteiger charge is -2.22. The molecule has 0 aliphatic heterocycles. The van der Waals surface area contributed by atoms with Crippen LogP contribution in [0.2, 0.25) is 0 Å². The van der Waals surface area contributed by atoms with Crippen molar-refractivity contribution >= 4 is 11.9 Å². The molecule has 1 fully saturated rings. The van der Waals surface area contributed by atoms with E-state index in [1.165, 1.54) is 37.7 Å². The summed E-state index contributed by atoms with van der Waals surface area (Å²) in [4.78, 5) is 21.5. The minimum atomic E-state index is -0.0655. The molecular weight excluding hydrogens is 372 g/mol. The van der Waals surface area contributed by atoms with Gasteiger partial charge in [0.25, 0.3) is 5.91 Å². The predicted octanol–water partition coefficient (Wildman–Crippen LogP) is 4.86. The zero-order valence-electron chi connectivity index (χ0n) is 17.2. The van der Waals surface area contributed by atoms with E-state index in [2.05, 4.69) is 32.7 Å². The number of nitrogens with zero attached hydrogens (tertiary/aromatic N) is 2. The number of rotatable bonds is 7. The maximum atomic E-state index is 12.5. The summed E-state index contributed by atoms with van der Waals surface area (Å²) >= 11 is 0. The normalized spacial score (nSPS) is 14.3. The molecule has 1 aliphatic carbocycles. The molecule has 30 heavy (non-hydrogen) atoms. The Morgan fingerprint density at radius 2 is 1.67 bits per heavy atom. The molecule has 0 bridgehead atoms. The molecule has 0 atom stereocenters. The predicted molar refractivity (Wildman–Crippen MR) is 120 cm³/mol. The van der Waals surface area contributed by atoms with E-state index in [0.717, 1.165) is 17.5 Å². The Labute approximate surface area is 178 Å². The van der Waals surface area contributed by atoms with Gasteiger partial charge in [-0.3, -0.25) is 4.79 Å². The summed E-state index contributed by atoms with van der Waals surface area (Å²) in [6.45, 7) is 0.609. The van der Waals surface area contributed by atoms with Crippen molar-refractivity contribution in [2.75, 3.05) is 11.9 Å². The van der Waals surface area contributed by atoms with E-state index >= 15 is 0 Å². The lowest BCUT2D eigenvalue weighted by atomic mass is 9.96. The first-order valence-corrected chi connectivity index (χ1v) is 10.8. The molecule has 4 rings (SSSR count). The average molecular weight is 401 g/mol. The van der Waals surface area contributed by atoms with Crippen LogP contribution >= 0.6 is 0 Å². The van der Waals surface area contributed by atoms with E-state index in [9.17, 15) is 4.79 Å². The van der Waals surface area contributed by atoms with Gasteiger partial charge in [0.15, 0.2) is 0 Å². The molecule has 0 radical (unpaired) electrons. The summed E-state index contributed by atoms with van der Waals surface area (Å²) in [6.07, 6.45) is 10.7. The van der Waals surface area contributed by atoms with Crippen LogP contribution in [0.15, 0.2) is 67.0 Å². The first-order chi connectivity index (χ1) is 14.8. The lowest BCUT2D eigenvalue weighted by Crippen LogP contribution is -2.25. The fourth-order valence-corrected chi connectivity index (χ4v) is 3.89. The van der Waals surface area contributed by atoms with Crippen LogP contribution in [0.4, 0.5) is 5.95 Å². The number of carbonyl (C=O) groups excluding carboxylic acids is 1. The van der Waals surface area contributed by atoms with Crippen molar-refractivity contribution in [3.63, 3.8) is 0 Å². The molecule has 5 nitrogen and oxygen atoms in total. The molecule has 0 spiro atoms. The van der Waals surface area contributed by atoms with E-state index in [1.807, 2.05) is 54.9 Å². The van der Waals surface area contributed by atoms with E-state index in [0.29, 0.717) is 24.1 Å². The second-order valence-electron chi connectivity index (χ2n) is 7.85. The van der Waals surface area contributed by atoms with E-state index in [4.69, 9.17) is 0 Å². The van der Waals surface area contributed by atoms with Crippen molar-refractivity contribution in [3.8, 4) is 11.1 Å². The molecule has 1 aromatic heterocycles. The Bertz CT molecular complexity index is 950. The summed E-state index contributed by atoms with van der Waals surface area (Å²) in [5.41, 5.74) is 3.70. The first kappa shape index (κ1) is 20.1. The summed E-state index contributed by atoms with van der Waals surface area (Å²) in [5, 5.41) is 6.44. The quantitative estimate of drug-likeness (QED) is 0.594. The minimum absolute atomic E-state index is 0.0655. The molecule has 0 saturated heterocycles. The van der Waals surface area contributed by atoms with Crippen LogP contribution < -0.4 is 10.6 Å². The van der Waals surface area contributed by atoms with E-state index in [1.54, 1.807) is 0 Å². The maximum absolute atomic E-state index is 12.5. The number of hydrogen-bond acceptors (Lipinski definition) is 4. The molecule has 1 saturated carbocycles. The molecular formula is C25H28N4O. The molecule has 1 aliphatic rings. The fraction of sp³-hybridized carbons (Fsp3) is 0.320. The number of anilines is 1. The van der Waals surface area contributed by atoms with Crippen molar-refractivity contribution in [3.05, 3.63) is 78.1 Å². The van der Waals surface area contributed by atoms with Crippen molar-refractivity contribution in [1.29, 1.82) is 0 Å². The number of amides is 1. The topological polar surface area (TPSA) is 66.9 Å². The van der Waals surface area contributed by atoms with E-state index in [-0.39, 0.29) is 5.91 Å². The molecule has 2 N–H and O–H groups in total. The van der Waals surface area contributed by atoms with Gasteiger partial charge in [0.05, 0.1) is 0 Å². The Morgan fingerprint density at radius 1 is 0.900 bits per heavy atom. The van der Waals surface area contributed by atoms with Crippen molar-refractivity contribution < 1.29 is 4.79 Å². The van der Waals surface area contributed by atoms with Crippen LogP contribution in [-0.4, -0.2) is 28.5 Å². The number of benzene rings is 2. The van der Waals surface area contributed by atoms with Gasteiger partial charge in [-0.2, -0.15) is 0 Å². The minimum Gasteiger partial charge on any atom is -0.352 e. The average Bonchev–Trinajstić information content (AvgIpc) is 2.81. The van der Waals surface area contributed by atoms with Crippen molar-refractivity contribution in [2.24, 2.45) is 0 Å². The van der Waals surface area contributed by atoms with Gasteiger partial charge in [-0.1, -0.05) is 61.7 Å². The van der Waals surface area contributed by atoms with Gasteiger partial charge >= 0.3 is 0 Å². The molecule has 1 heterocycles. The second-order valence-corrected chi connectivity index (χ2v) is 7.85. The number of aromatic nitrogens is 2. The monoisotopic (exact) mass is 400 g/mol.